The highest BCUT2D eigenvalue weighted by molar-refractivity contribution is 5.87. The maximum atomic E-state index is 11.8. The number of hydrogen-bond acceptors (Lipinski definition) is 8. The van der Waals surface area contributed by atoms with E-state index >= 15 is 0 Å². The van der Waals surface area contributed by atoms with Gasteiger partial charge in [0, 0.05) is 25.2 Å². The molecular formula is C15H27N3O7. The van der Waals surface area contributed by atoms with Crippen molar-refractivity contribution in [1.82, 2.24) is 15.1 Å². The van der Waals surface area contributed by atoms with Gasteiger partial charge in [-0.1, -0.05) is 6.58 Å². The van der Waals surface area contributed by atoms with Crippen molar-refractivity contribution in [3.8, 4) is 0 Å². The lowest BCUT2D eigenvalue weighted by molar-refractivity contribution is -0.140. The Hall–Kier alpha value is -2.01. The standard InChI is InChI=1S/C15H27N3O7/c1-11(2)15(24)25-7-4-16-12(19)8-18(10-14(22)23)6-5-17(3)9-13(20)21/h13,20-21H,1,4-10H2,2-3H3,(H,16,19)(H,22,23). The van der Waals surface area contributed by atoms with Gasteiger partial charge in [0.2, 0.25) is 5.91 Å². The first kappa shape index (κ1) is 23.0. The molecule has 0 spiro atoms. The van der Waals surface area contributed by atoms with E-state index in [1.54, 1.807) is 11.9 Å². The summed E-state index contributed by atoms with van der Waals surface area (Å²) in [6.45, 7) is 5.20. The number of carboxylic acids is 1. The zero-order valence-corrected chi connectivity index (χ0v) is 14.6. The average molecular weight is 361 g/mol. The van der Waals surface area contributed by atoms with Gasteiger partial charge in [0.05, 0.1) is 19.6 Å². The number of ether oxygens (including phenoxy) is 1. The smallest absolute Gasteiger partial charge is 0.333 e. The predicted molar refractivity (Wildman–Crippen MR) is 88.6 cm³/mol. The average Bonchev–Trinajstić information content (AvgIpc) is 2.47. The number of carboxylic acid groups (broad SMARTS) is 1. The molecule has 0 bridgehead atoms. The molecule has 0 fully saturated rings. The maximum absolute atomic E-state index is 11.8. The zero-order valence-electron chi connectivity index (χ0n) is 14.6. The number of nitrogens with zero attached hydrogens (tertiary/aromatic N) is 2. The second-order valence-electron chi connectivity index (χ2n) is 5.61. The van der Waals surface area contributed by atoms with E-state index in [4.69, 9.17) is 20.1 Å². The van der Waals surface area contributed by atoms with Crippen LogP contribution in [0.3, 0.4) is 0 Å². The van der Waals surface area contributed by atoms with Crippen LogP contribution in [0.15, 0.2) is 12.2 Å². The summed E-state index contributed by atoms with van der Waals surface area (Å²) in [5.74, 6) is -2.03. The van der Waals surface area contributed by atoms with Crippen LogP contribution < -0.4 is 5.32 Å². The van der Waals surface area contributed by atoms with Gasteiger partial charge >= 0.3 is 11.9 Å². The molecular weight excluding hydrogens is 334 g/mol. The molecule has 0 unspecified atom stereocenters. The van der Waals surface area contributed by atoms with E-state index in [1.807, 2.05) is 0 Å². The van der Waals surface area contributed by atoms with Gasteiger partial charge in [-0.2, -0.15) is 0 Å². The van der Waals surface area contributed by atoms with Crippen LogP contribution in [0.2, 0.25) is 0 Å². The van der Waals surface area contributed by atoms with Crippen LogP contribution in [0.1, 0.15) is 6.92 Å². The van der Waals surface area contributed by atoms with Crippen molar-refractivity contribution < 1.29 is 34.4 Å². The minimum Gasteiger partial charge on any atom is -0.480 e. The summed E-state index contributed by atoms with van der Waals surface area (Å²) in [6.07, 6.45) is -1.48. The van der Waals surface area contributed by atoms with Crippen molar-refractivity contribution in [1.29, 1.82) is 0 Å². The number of nitrogens with one attached hydrogen (secondary N) is 1. The first-order chi connectivity index (χ1) is 11.6. The van der Waals surface area contributed by atoms with Crippen LogP contribution in [0.25, 0.3) is 0 Å². The van der Waals surface area contributed by atoms with Crippen molar-refractivity contribution in [2.75, 3.05) is 52.9 Å². The monoisotopic (exact) mass is 361 g/mol. The van der Waals surface area contributed by atoms with Gasteiger partial charge in [0.25, 0.3) is 0 Å². The van der Waals surface area contributed by atoms with Crippen molar-refractivity contribution >= 4 is 17.8 Å². The molecule has 0 aromatic heterocycles. The summed E-state index contributed by atoms with van der Waals surface area (Å²) in [7, 11) is 1.65. The normalized spacial score (nSPS) is 11.0. The van der Waals surface area contributed by atoms with E-state index < -0.39 is 24.1 Å². The zero-order chi connectivity index (χ0) is 19.4. The summed E-state index contributed by atoms with van der Waals surface area (Å²) in [6, 6.07) is 0. The number of amides is 1. The molecule has 10 heteroatoms. The fraction of sp³-hybridized carbons (Fsp3) is 0.667. The van der Waals surface area contributed by atoms with Gasteiger partial charge in [0.15, 0.2) is 6.29 Å². The van der Waals surface area contributed by atoms with Crippen LogP contribution in [-0.2, 0) is 19.1 Å². The maximum Gasteiger partial charge on any atom is 0.333 e. The minimum atomic E-state index is -1.48. The number of aliphatic hydroxyl groups is 2. The lowest BCUT2D eigenvalue weighted by atomic mass is 10.4. The van der Waals surface area contributed by atoms with E-state index in [0.29, 0.717) is 6.54 Å². The van der Waals surface area contributed by atoms with Crippen LogP contribution in [-0.4, -0.2) is 102 Å². The largest absolute Gasteiger partial charge is 0.480 e. The lowest BCUT2D eigenvalue weighted by Gasteiger charge is -2.24. The van der Waals surface area contributed by atoms with Gasteiger partial charge in [-0.05, 0) is 14.0 Å². The molecule has 0 aliphatic heterocycles. The van der Waals surface area contributed by atoms with E-state index in [0.717, 1.165) is 0 Å². The van der Waals surface area contributed by atoms with Crippen molar-refractivity contribution in [2.24, 2.45) is 0 Å². The second kappa shape index (κ2) is 12.4. The van der Waals surface area contributed by atoms with Crippen molar-refractivity contribution in [3.05, 3.63) is 12.2 Å². The van der Waals surface area contributed by atoms with E-state index in [2.05, 4.69) is 11.9 Å². The third-order valence-electron chi connectivity index (χ3n) is 3.00. The molecule has 0 aromatic carbocycles. The Labute approximate surface area is 146 Å². The van der Waals surface area contributed by atoms with Crippen molar-refractivity contribution in [3.63, 3.8) is 0 Å². The Morgan fingerprint density at radius 3 is 2.36 bits per heavy atom. The van der Waals surface area contributed by atoms with Gasteiger partial charge in [-0.15, -0.1) is 0 Å². The Balaban J connectivity index is 4.22. The summed E-state index contributed by atoms with van der Waals surface area (Å²) >= 11 is 0. The van der Waals surface area contributed by atoms with Gasteiger partial charge in [-0.25, -0.2) is 4.79 Å². The Morgan fingerprint density at radius 1 is 1.20 bits per heavy atom. The molecule has 0 rings (SSSR count). The highest BCUT2D eigenvalue weighted by atomic mass is 16.5. The molecule has 0 heterocycles. The summed E-state index contributed by atoms with van der Waals surface area (Å²) in [5, 5.41) is 29.2. The quantitative estimate of drug-likeness (QED) is 0.125. The Bertz CT molecular complexity index is 468. The predicted octanol–water partition coefficient (Wildman–Crippen LogP) is -2.15. The van der Waals surface area contributed by atoms with E-state index in [-0.39, 0.29) is 44.9 Å². The van der Waals surface area contributed by atoms with Crippen LogP contribution in [0.4, 0.5) is 0 Å². The third-order valence-corrected chi connectivity index (χ3v) is 3.00. The van der Waals surface area contributed by atoms with Gasteiger partial charge < -0.3 is 30.3 Å². The Morgan fingerprint density at radius 2 is 1.84 bits per heavy atom. The van der Waals surface area contributed by atoms with Crippen LogP contribution in [0.5, 0.6) is 0 Å². The van der Waals surface area contributed by atoms with Crippen LogP contribution in [0, 0.1) is 0 Å². The molecule has 1 amide bonds. The number of aliphatic hydroxyl groups excluding tert-OH is 1. The van der Waals surface area contributed by atoms with Gasteiger partial charge in [-0.3, -0.25) is 14.5 Å². The number of hydrogen-bond donors (Lipinski definition) is 4. The molecule has 25 heavy (non-hydrogen) atoms. The molecule has 0 aromatic rings. The number of carbonyl (C=O) groups is 3. The molecule has 4 N–H and O–H groups in total. The SMILES string of the molecule is C=C(C)C(=O)OCCNC(=O)CN(CCN(C)CC(O)O)CC(=O)O. The molecule has 144 valence electrons. The lowest BCUT2D eigenvalue weighted by Crippen LogP contribution is -2.44. The van der Waals surface area contributed by atoms with E-state index in [1.165, 1.54) is 11.8 Å². The van der Waals surface area contributed by atoms with E-state index in [9.17, 15) is 14.4 Å². The fourth-order valence-electron chi connectivity index (χ4n) is 1.80. The molecule has 0 atom stereocenters. The third kappa shape index (κ3) is 13.0. The number of esters is 1. The second-order valence-corrected chi connectivity index (χ2v) is 5.61. The highest BCUT2D eigenvalue weighted by Crippen LogP contribution is 1.93. The molecule has 0 aliphatic rings. The molecule has 0 saturated heterocycles. The molecule has 0 radical (unpaired) electrons. The summed E-state index contributed by atoms with van der Waals surface area (Å²) < 4.78 is 4.82. The Kier molecular flexibility index (Phi) is 11.4. The molecule has 10 nitrogen and oxygen atoms in total. The van der Waals surface area contributed by atoms with Crippen molar-refractivity contribution in [2.45, 2.75) is 13.2 Å². The highest BCUT2D eigenvalue weighted by Gasteiger charge is 2.15. The van der Waals surface area contributed by atoms with Crippen LogP contribution >= 0.6 is 0 Å². The summed E-state index contributed by atoms with van der Waals surface area (Å²) in [4.78, 5) is 36.9. The number of rotatable bonds is 13. The number of likely N-dealkylation sites (N-methyl/N-ethyl adjacent to an activating group) is 1. The topological polar surface area (TPSA) is 140 Å². The fourth-order valence-corrected chi connectivity index (χ4v) is 1.80. The first-order valence-corrected chi connectivity index (χ1v) is 7.70. The minimum absolute atomic E-state index is 0.00646. The number of aliphatic carboxylic acids is 1. The molecule has 0 aliphatic carbocycles. The first-order valence-electron chi connectivity index (χ1n) is 7.70. The van der Waals surface area contributed by atoms with Gasteiger partial charge in [0.1, 0.15) is 6.61 Å². The summed E-state index contributed by atoms with van der Waals surface area (Å²) in [5.41, 5.74) is 0.260. The molecule has 0 saturated carbocycles. The number of carbonyl (C=O) groups excluding carboxylic acids is 2.